The normalized spacial score (nSPS) is 23.6. The first-order chi connectivity index (χ1) is 12.6. The third-order valence-electron chi connectivity index (χ3n) is 5.52. The van der Waals surface area contributed by atoms with Crippen LogP contribution in [-0.4, -0.2) is 48.6 Å². The number of benzene rings is 1. The van der Waals surface area contributed by atoms with E-state index >= 15 is 0 Å². The summed E-state index contributed by atoms with van der Waals surface area (Å²) in [5.41, 5.74) is 6.69. The number of nitrogens with zero attached hydrogens (tertiary/aromatic N) is 1. The second-order valence-electron chi connectivity index (χ2n) is 7.30. The summed E-state index contributed by atoms with van der Waals surface area (Å²) in [6.07, 6.45) is 6.58. The summed E-state index contributed by atoms with van der Waals surface area (Å²) in [4.78, 5) is 27.3. The van der Waals surface area contributed by atoms with Gasteiger partial charge in [0.25, 0.3) is 11.8 Å². The maximum absolute atomic E-state index is 13.0. The van der Waals surface area contributed by atoms with Crippen LogP contribution in [0, 0.1) is 0 Å². The van der Waals surface area contributed by atoms with E-state index in [-0.39, 0.29) is 24.0 Å². The largest absolute Gasteiger partial charge is 0.364 e. The number of carbonyl (C=O) groups is 2. The molecule has 0 spiro atoms. The second kappa shape index (κ2) is 8.64. The van der Waals surface area contributed by atoms with Crippen LogP contribution in [0.5, 0.6) is 0 Å². The Hall–Kier alpha value is -1.92. The predicted molar refractivity (Wildman–Crippen MR) is 101 cm³/mol. The van der Waals surface area contributed by atoms with Crippen LogP contribution in [0.4, 0.5) is 5.69 Å². The molecule has 6 heteroatoms. The molecular weight excluding hydrogens is 330 g/mol. The van der Waals surface area contributed by atoms with Crippen molar-refractivity contribution in [3.8, 4) is 0 Å². The molecule has 0 unspecified atom stereocenters. The first kappa shape index (κ1) is 18.9. The molecule has 2 aliphatic rings. The van der Waals surface area contributed by atoms with Crippen molar-refractivity contribution in [3.05, 3.63) is 29.8 Å². The molecule has 1 heterocycles. The van der Waals surface area contributed by atoms with Crippen molar-refractivity contribution in [2.45, 2.75) is 63.2 Å². The minimum atomic E-state index is -0.497. The Morgan fingerprint density at radius 1 is 1.15 bits per heavy atom. The lowest BCUT2D eigenvalue weighted by Crippen LogP contribution is -2.39. The van der Waals surface area contributed by atoms with Crippen LogP contribution in [0.1, 0.15) is 55.3 Å². The number of amides is 2. The molecule has 142 valence electrons. The first-order valence-corrected chi connectivity index (χ1v) is 9.62. The molecular formula is C20H29N3O3. The zero-order valence-corrected chi connectivity index (χ0v) is 15.4. The first-order valence-electron chi connectivity index (χ1n) is 9.62. The summed E-state index contributed by atoms with van der Waals surface area (Å²) in [6.45, 7) is 0.422. The van der Waals surface area contributed by atoms with Crippen molar-refractivity contribution < 1.29 is 14.3 Å². The van der Waals surface area contributed by atoms with Gasteiger partial charge < -0.3 is 20.7 Å². The lowest BCUT2D eigenvalue weighted by Gasteiger charge is -2.31. The highest BCUT2D eigenvalue weighted by Gasteiger charge is 2.31. The van der Waals surface area contributed by atoms with E-state index in [0.29, 0.717) is 24.2 Å². The van der Waals surface area contributed by atoms with Gasteiger partial charge in [-0.15, -0.1) is 0 Å². The Balaban J connectivity index is 1.69. The molecule has 3 rings (SSSR count). The Morgan fingerprint density at radius 2 is 1.88 bits per heavy atom. The van der Waals surface area contributed by atoms with Crippen molar-refractivity contribution in [1.29, 1.82) is 0 Å². The van der Waals surface area contributed by atoms with Gasteiger partial charge in [-0.05, 0) is 37.8 Å². The summed E-state index contributed by atoms with van der Waals surface area (Å²) in [6, 6.07) is 7.48. The smallest absolute Gasteiger partial charge is 0.255 e. The van der Waals surface area contributed by atoms with Crippen LogP contribution in [0.3, 0.4) is 0 Å². The van der Waals surface area contributed by atoms with Crippen molar-refractivity contribution in [1.82, 2.24) is 4.90 Å². The number of hydrogen-bond acceptors (Lipinski definition) is 4. The van der Waals surface area contributed by atoms with Crippen molar-refractivity contribution >= 4 is 17.5 Å². The fourth-order valence-electron chi connectivity index (χ4n) is 3.89. The average Bonchev–Trinajstić information content (AvgIpc) is 3.17. The number of hydrogen-bond donors (Lipinski definition) is 2. The van der Waals surface area contributed by atoms with Crippen LogP contribution in [0.15, 0.2) is 24.3 Å². The van der Waals surface area contributed by atoms with Gasteiger partial charge in [0.2, 0.25) is 0 Å². The fraction of sp³-hybridized carbons (Fsp3) is 0.600. The molecule has 2 amide bonds. The van der Waals surface area contributed by atoms with Crippen LogP contribution < -0.4 is 11.1 Å². The van der Waals surface area contributed by atoms with E-state index < -0.39 is 6.10 Å². The van der Waals surface area contributed by atoms with E-state index in [9.17, 15) is 9.59 Å². The highest BCUT2D eigenvalue weighted by Crippen LogP contribution is 2.26. The van der Waals surface area contributed by atoms with E-state index in [1.165, 1.54) is 19.3 Å². The van der Waals surface area contributed by atoms with E-state index in [2.05, 4.69) is 5.32 Å². The summed E-state index contributed by atoms with van der Waals surface area (Å²) < 4.78 is 5.66. The predicted octanol–water partition coefficient (Wildman–Crippen LogP) is 2.54. The lowest BCUT2D eigenvalue weighted by atomic mass is 9.94. The molecule has 0 radical (unpaired) electrons. The van der Waals surface area contributed by atoms with E-state index in [1.54, 1.807) is 12.1 Å². The maximum Gasteiger partial charge on any atom is 0.255 e. The minimum Gasteiger partial charge on any atom is -0.364 e. The van der Waals surface area contributed by atoms with Gasteiger partial charge in [-0.3, -0.25) is 9.59 Å². The molecule has 0 bridgehead atoms. The maximum atomic E-state index is 13.0. The van der Waals surface area contributed by atoms with Gasteiger partial charge in [-0.25, -0.2) is 0 Å². The molecule has 6 nitrogen and oxygen atoms in total. The highest BCUT2D eigenvalue weighted by atomic mass is 16.5. The van der Waals surface area contributed by atoms with Crippen molar-refractivity contribution in [3.63, 3.8) is 0 Å². The Morgan fingerprint density at radius 3 is 2.58 bits per heavy atom. The van der Waals surface area contributed by atoms with Gasteiger partial charge in [-0.2, -0.15) is 0 Å². The molecule has 1 aliphatic carbocycles. The SMILES string of the molecule is CN(C(=O)c1ccccc1NC(=O)[C@@H]1CC[C@H](CN)O1)C1CCCCC1. The van der Waals surface area contributed by atoms with Crippen LogP contribution in [0.2, 0.25) is 0 Å². The number of anilines is 1. The third-order valence-corrected chi connectivity index (χ3v) is 5.52. The van der Waals surface area contributed by atoms with E-state index in [1.807, 2.05) is 24.1 Å². The average molecular weight is 359 g/mol. The second-order valence-corrected chi connectivity index (χ2v) is 7.30. The number of ether oxygens (including phenoxy) is 1. The van der Waals surface area contributed by atoms with Crippen LogP contribution in [0.25, 0.3) is 0 Å². The standard InChI is InChI=1S/C20H29N3O3/c1-23(14-7-3-2-4-8-14)20(25)16-9-5-6-10-17(16)22-19(24)18-12-11-15(13-21)26-18/h5-6,9-10,14-15,18H,2-4,7-8,11-13,21H2,1H3,(H,22,24)/t15-,18+/m1/s1. The minimum absolute atomic E-state index is 0.0417. The zero-order chi connectivity index (χ0) is 18.5. The number of para-hydroxylation sites is 1. The summed E-state index contributed by atoms with van der Waals surface area (Å²) in [7, 11) is 1.86. The Kier molecular flexibility index (Phi) is 6.27. The molecule has 2 atom stereocenters. The molecule has 1 saturated heterocycles. The number of nitrogens with one attached hydrogen (secondary N) is 1. The molecule has 26 heavy (non-hydrogen) atoms. The van der Waals surface area contributed by atoms with Gasteiger partial charge in [0, 0.05) is 19.6 Å². The van der Waals surface area contributed by atoms with E-state index in [0.717, 1.165) is 19.3 Å². The van der Waals surface area contributed by atoms with E-state index in [4.69, 9.17) is 10.5 Å². The van der Waals surface area contributed by atoms with Gasteiger partial charge in [0.15, 0.2) is 0 Å². The molecule has 1 saturated carbocycles. The molecule has 1 aromatic carbocycles. The zero-order valence-electron chi connectivity index (χ0n) is 15.4. The molecule has 1 aliphatic heterocycles. The highest BCUT2D eigenvalue weighted by molar-refractivity contribution is 6.04. The molecule has 2 fully saturated rings. The van der Waals surface area contributed by atoms with Gasteiger partial charge in [0.05, 0.1) is 17.4 Å². The molecule has 1 aromatic rings. The number of carbonyl (C=O) groups excluding carboxylic acids is 2. The quantitative estimate of drug-likeness (QED) is 0.846. The van der Waals surface area contributed by atoms with Crippen molar-refractivity contribution in [2.24, 2.45) is 5.73 Å². The third kappa shape index (κ3) is 4.24. The topological polar surface area (TPSA) is 84.7 Å². The fourth-order valence-corrected chi connectivity index (χ4v) is 3.89. The van der Waals surface area contributed by atoms with Gasteiger partial charge >= 0.3 is 0 Å². The van der Waals surface area contributed by atoms with Crippen LogP contribution in [-0.2, 0) is 9.53 Å². The Bertz CT molecular complexity index is 643. The Labute approximate surface area is 155 Å². The lowest BCUT2D eigenvalue weighted by molar-refractivity contribution is -0.126. The number of rotatable bonds is 5. The summed E-state index contributed by atoms with van der Waals surface area (Å²) >= 11 is 0. The van der Waals surface area contributed by atoms with Crippen molar-refractivity contribution in [2.75, 3.05) is 18.9 Å². The molecule has 0 aromatic heterocycles. The summed E-state index contributed by atoms with van der Waals surface area (Å²) in [5, 5.41) is 2.88. The summed E-state index contributed by atoms with van der Waals surface area (Å²) in [5.74, 6) is -0.249. The van der Waals surface area contributed by atoms with Gasteiger partial charge in [0.1, 0.15) is 6.10 Å². The molecule has 3 N–H and O–H groups in total. The van der Waals surface area contributed by atoms with Gasteiger partial charge in [-0.1, -0.05) is 31.4 Å². The monoisotopic (exact) mass is 359 g/mol. The number of nitrogens with two attached hydrogens (primary N) is 1. The van der Waals surface area contributed by atoms with Crippen LogP contribution >= 0.6 is 0 Å².